The smallest absolute Gasteiger partial charge is 0.258 e. The Labute approximate surface area is 117 Å². The largest absolute Gasteiger partial charge is 0.399 e. The Morgan fingerprint density at radius 1 is 1.21 bits per heavy atom. The first-order valence-electron chi connectivity index (χ1n) is 6.05. The van der Waals surface area contributed by atoms with E-state index in [1.165, 1.54) is 0 Å². The highest BCUT2D eigenvalue weighted by atomic mass is 35.5. The quantitative estimate of drug-likeness (QED) is 0.870. The average molecular weight is 275 g/mol. The molecule has 0 aliphatic carbocycles. The molecule has 2 aromatic rings. The molecule has 0 heterocycles. The second kappa shape index (κ2) is 5.76. The summed E-state index contributed by atoms with van der Waals surface area (Å²) >= 11 is 5.92. The normalized spacial score (nSPS) is 10.2. The van der Waals surface area contributed by atoms with Gasteiger partial charge in [0.2, 0.25) is 0 Å². The van der Waals surface area contributed by atoms with Crippen LogP contribution in [0.5, 0.6) is 0 Å². The Bertz CT molecular complexity index is 581. The standard InChI is InChI=1S/C15H15ClN2O/c1-2-18(14-8-6-13(17)7-9-14)15(19)11-4-3-5-12(16)10-11/h3-10H,2,17H2,1H3. The van der Waals surface area contributed by atoms with Crippen molar-refractivity contribution in [1.29, 1.82) is 0 Å². The number of hydrogen-bond donors (Lipinski definition) is 1. The average Bonchev–Trinajstić information content (AvgIpc) is 2.41. The first-order chi connectivity index (χ1) is 9.11. The molecular weight excluding hydrogens is 260 g/mol. The molecule has 4 heteroatoms. The number of hydrogen-bond acceptors (Lipinski definition) is 2. The second-order valence-electron chi connectivity index (χ2n) is 4.15. The lowest BCUT2D eigenvalue weighted by Crippen LogP contribution is -2.30. The van der Waals surface area contributed by atoms with Crippen molar-refractivity contribution in [2.75, 3.05) is 17.2 Å². The number of nitrogen functional groups attached to an aromatic ring is 1. The van der Waals surface area contributed by atoms with Crippen molar-refractivity contribution in [2.24, 2.45) is 0 Å². The maximum atomic E-state index is 12.4. The van der Waals surface area contributed by atoms with Crippen LogP contribution in [0.4, 0.5) is 11.4 Å². The van der Waals surface area contributed by atoms with Gasteiger partial charge in [0.25, 0.3) is 5.91 Å². The maximum Gasteiger partial charge on any atom is 0.258 e. The number of nitrogens with zero attached hydrogens (tertiary/aromatic N) is 1. The molecule has 0 unspecified atom stereocenters. The molecule has 1 amide bonds. The predicted molar refractivity (Wildman–Crippen MR) is 79.7 cm³/mol. The second-order valence-corrected chi connectivity index (χ2v) is 4.59. The van der Waals surface area contributed by atoms with Gasteiger partial charge in [-0.15, -0.1) is 0 Å². The molecule has 19 heavy (non-hydrogen) atoms. The molecule has 0 fully saturated rings. The van der Waals surface area contributed by atoms with Crippen LogP contribution in [-0.2, 0) is 0 Å². The van der Waals surface area contributed by atoms with Crippen LogP contribution in [0.25, 0.3) is 0 Å². The molecule has 3 nitrogen and oxygen atoms in total. The Morgan fingerprint density at radius 3 is 2.47 bits per heavy atom. The van der Waals surface area contributed by atoms with Crippen LogP contribution in [-0.4, -0.2) is 12.5 Å². The Balaban J connectivity index is 2.31. The van der Waals surface area contributed by atoms with Crippen molar-refractivity contribution in [3.63, 3.8) is 0 Å². The summed E-state index contributed by atoms with van der Waals surface area (Å²) in [5, 5.41) is 0.555. The minimum absolute atomic E-state index is 0.0743. The van der Waals surface area contributed by atoms with Crippen molar-refractivity contribution in [2.45, 2.75) is 6.92 Å². The van der Waals surface area contributed by atoms with E-state index < -0.39 is 0 Å². The number of carbonyl (C=O) groups excluding carboxylic acids is 1. The van der Waals surface area contributed by atoms with Gasteiger partial charge in [0.1, 0.15) is 0 Å². The van der Waals surface area contributed by atoms with Crippen LogP contribution in [0, 0.1) is 0 Å². The first-order valence-corrected chi connectivity index (χ1v) is 6.42. The van der Waals surface area contributed by atoms with Gasteiger partial charge in [-0.3, -0.25) is 4.79 Å². The highest BCUT2D eigenvalue weighted by Crippen LogP contribution is 2.20. The van der Waals surface area contributed by atoms with Crippen LogP contribution >= 0.6 is 11.6 Å². The van der Waals surface area contributed by atoms with Crippen LogP contribution in [0.15, 0.2) is 48.5 Å². The number of halogens is 1. The lowest BCUT2D eigenvalue weighted by molar-refractivity contribution is 0.0988. The molecule has 0 saturated carbocycles. The van der Waals surface area contributed by atoms with Gasteiger partial charge in [-0.2, -0.15) is 0 Å². The van der Waals surface area contributed by atoms with E-state index in [4.69, 9.17) is 17.3 Å². The Morgan fingerprint density at radius 2 is 1.89 bits per heavy atom. The van der Waals surface area contributed by atoms with Gasteiger partial charge in [0.05, 0.1) is 0 Å². The minimum Gasteiger partial charge on any atom is -0.399 e. The third-order valence-corrected chi connectivity index (χ3v) is 3.07. The molecule has 2 N–H and O–H groups in total. The Kier molecular flexibility index (Phi) is 4.07. The zero-order valence-corrected chi connectivity index (χ0v) is 11.4. The van der Waals surface area contributed by atoms with Crippen molar-refractivity contribution >= 4 is 28.9 Å². The monoisotopic (exact) mass is 274 g/mol. The van der Waals surface area contributed by atoms with Crippen LogP contribution in [0.1, 0.15) is 17.3 Å². The number of rotatable bonds is 3. The summed E-state index contributed by atoms with van der Waals surface area (Å²) in [7, 11) is 0. The molecule has 0 radical (unpaired) electrons. The van der Waals surface area contributed by atoms with Gasteiger partial charge in [-0.1, -0.05) is 17.7 Å². The van der Waals surface area contributed by atoms with E-state index in [0.717, 1.165) is 5.69 Å². The van der Waals surface area contributed by atoms with E-state index in [1.807, 2.05) is 19.1 Å². The lowest BCUT2D eigenvalue weighted by atomic mass is 10.1. The third-order valence-electron chi connectivity index (χ3n) is 2.84. The summed E-state index contributed by atoms with van der Waals surface area (Å²) in [5.41, 5.74) is 7.73. The summed E-state index contributed by atoms with van der Waals surface area (Å²) in [5.74, 6) is -0.0743. The fourth-order valence-corrected chi connectivity index (χ4v) is 2.07. The van der Waals surface area contributed by atoms with Crippen molar-refractivity contribution in [3.05, 3.63) is 59.1 Å². The van der Waals surface area contributed by atoms with Gasteiger partial charge >= 0.3 is 0 Å². The first kappa shape index (κ1) is 13.4. The van der Waals surface area contributed by atoms with E-state index in [2.05, 4.69) is 0 Å². The molecule has 0 aliphatic rings. The fraction of sp³-hybridized carbons (Fsp3) is 0.133. The summed E-state index contributed by atoms with van der Waals surface area (Å²) < 4.78 is 0. The third kappa shape index (κ3) is 3.06. The van der Waals surface area contributed by atoms with Crippen molar-refractivity contribution in [3.8, 4) is 0 Å². The van der Waals surface area contributed by atoms with Gasteiger partial charge in [0.15, 0.2) is 0 Å². The SMILES string of the molecule is CCN(C(=O)c1cccc(Cl)c1)c1ccc(N)cc1. The molecule has 2 aromatic carbocycles. The summed E-state index contributed by atoms with van der Waals surface area (Å²) in [4.78, 5) is 14.1. The number of amides is 1. The molecule has 0 spiro atoms. The Hall–Kier alpha value is -2.00. The molecule has 2 rings (SSSR count). The van der Waals surface area contributed by atoms with E-state index in [-0.39, 0.29) is 5.91 Å². The van der Waals surface area contributed by atoms with Crippen molar-refractivity contribution < 1.29 is 4.79 Å². The van der Waals surface area contributed by atoms with E-state index in [1.54, 1.807) is 41.3 Å². The zero-order valence-electron chi connectivity index (χ0n) is 10.6. The highest BCUT2D eigenvalue weighted by molar-refractivity contribution is 6.31. The highest BCUT2D eigenvalue weighted by Gasteiger charge is 2.16. The number of benzene rings is 2. The fourth-order valence-electron chi connectivity index (χ4n) is 1.88. The summed E-state index contributed by atoms with van der Waals surface area (Å²) in [6.07, 6.45) is 0. The summed E-state index contributed by atoms with van der Waals surface area (Å²) in [6, 6.07) is 14.2. The maximum absolute atomic E-state index is 12.4. The van der Waals surface area contributed by atoms with Gasteiger partial charge in [-0.05, 0) is 49.4 Å². The van der Waals surface area contributed by atoms with Gasteiger partial charge < -0.3 is 10.6 Å². The van der Waals surface area contributed by atoms with Gasteiger partial charge in [0, 0.05) is 28.5 Å². The molecule has 0 atom stereocenters. The van der Waals surface area contributed by atoms with Crippen molar-refractivity contribution in [1.82, 2.24) is 0 Å². The minimum atomic E-state index is -0.0743. The van der Waals surface area contributed by atoms with Crippen LogP contribution < -0.4 is 10.6 Å². The van der Waals surface area contributed by atoms with E-state index >= 15 is 0 Å². The molecule has 0 saturated heterocycles. The van der Waals surface area contributed by atoms with E-state index in [9.17, 15) is 4.79 Å². The van der Waals surface area contributed by atoms with Crippen LogP contribution in [0.2, 0.25) is 5.02 Å². The lowest BCUT2D eigenvalue weighted by Gasteiger charge is -2.21. The number of anilines is 2. The van der Waals surface area contributed by atoms with E-state index in [0.29, 0.717) is 22.8 Å². The van der Waals surface area contributed by atoms with Crippen LogP contribution in [0.3, 0.4) is 0 Å². The number of carbonyl (C=O) groups is 1. The molecule has 0 aromatic heterocycles. The molecule has 0 aliphatic heterocycles. The zero-order chi connectivity index (χ0) is 13.8. The topological polar surface area (TPSA) is 46.3 Å². The molecular formula is C15H15ClN2O. The summed E-state index contributed by atoms with van der Waals surface area (Å²) in [6.45, 7) is 2.51. The van der Waals surface area contributed by atoms with Gasteiger partial charge in [-0.25, -0.2) is 0 Å². The number of nitrogens with two attached hydrogens (primary N) is 1. The predicted octanol–water partition coefficient (Wildman–Crippen LogP) is 3.59. The molecule has 0 bridgehead atoms. The molecule has 98 valence electrons.